The molecule has 2 aliphatic rings. The third kappa shape index (κ3) is 4.43. The number of rotatable bonds is 6. The highest BCUT2D eigenvalue weighted by Crippen LogP contribution is 2.29. The van der Waals surface area contributed by atoms with Gasteiger partial charge in [-0.05, 0) is 38.3 Å². The first-order valence-corrected chi connectivity index (χ1v) is 10.1. The molecule has 0 bridgehead atoms. The summed E-state index contributed by atoms with van der Waals surface area (Å²) in [5.74, 6) is 0. The number of likely N-dealkylation sites (tertiary alicyclic amines) is 1. The van der Waals surface area contributed by atoms with E-state index in [0.717, 1.165) is 19.6 Å². The number of nitrogens with zero attached hydrogens (tertiary/aromatic N) is 3. The molecule has 2 fully saturated rings. The lowest BCUT2D eigenvalue weighted by Crippen LogP contribution is -2.66. The maximum Gasteiger partial charge on any atom is 0.0460 e. The quantitative estimate of drug-likeness (QED) is 0.860. The summed E-state index contributed by atoms with van der Waals surface area (Å²) < 4.78 is 0. The van der Waals surface area contributed by atoms with Crippen LogP contribution in [0.25, 0.3) is 0 Å². The minimum absolute atomic E-state index is 0.175. The van der Waals surface area contributed by atoms with Crippen LogP contribution in [0.5, 0.6) is 0 Å². The number of nitrogens with two attached hydrogens (primary N) is 1. The molecule has 1 aromatic rings. The molecule has 4 nitrogen and oxygen atoms in total. The lowest BCUT2D eigenvalue weighted by atomic mass is 9.86. The van der Waals surface area contributed by atoms with Crippen molar-refractivity contribution in [3.63, 3.8) is 0 Å². The Labute approximate surface area is 154 Å². The molecule has 2 unspecified atom stereocenters. The molecule has 0 aliphatic carbocycles. The number of hydrogen-bond acceptors (Lipinski definition) is 4. The maximum atomic E-state index is 6.36. The number of hydrogen-bond donors (Lipinski definition) is 1. The molecule has 0 spiro atoms. The van der Waals surface area contributed by atoms with Crippen molar-refractivity contribution in [2.24, 2.45) is 5.73 Å². The fourth-order valence-corrected chi connectivity index (χ4v) is 4.63. The van der Waals surface area contributed by atoms with Crippen molar-refractivity contribution >= 4 is 0 Å². The van der Waals surface area contributed by atoms with E-state index in [4.69, 9.17) is 5.73 Å². The molecule has 4 heteroatoms. The molecule has 3 rings (SSSR count). The lowest BCUT2D eigenvalue weighted by Gasteiger charge is -2.52. The zero-order chi connectivity index (χ0) is 17.7. The Morgan fingerprint density at radius 3 is 2.44 bits per heavy atom. The summed E-state index contributed by atoms with van der Waals surface area (Å²) in [6.45, 7) is 13.5. The Kier molecular flexibility index (Phi) is 6.50. The van der Waals surface area contributed by atoms with Crippen LogP contribution in [0.4, 0.5) is 0 Å². The second kappa shape index (κ2) is 8.63. The van der Waals surface area contributed by atoms with E-state index < -0.39 is 0 Å². The SMILES string of the molecule is CCC(C)N1CCN(C2(CN)CCCN(Cc3ccccc3)C2)CC1. The average molecular weight is 345 g/mol. The largest absolute Gasteiger partial charge is 0.329 e. The van der Waals surface area contributed by atoms with E-state index in [1.165, 1.54) is 57.5 Å². The van der Waals surface area contributed by atoms with Crippen LogP contribution in [0, 0.1) is 0 Å². The van der Waals surface area contributed by atoms with Gasteiger partial charge in [0.2, 0.25) is 0 Å². The van der Waals surface area contributed by atoms with Crippen molar-refractivity contribution < 1.29 is 0 Å². The van der Waals surface area contributed by atoms with Gasteiger partial charge in [0.05, 0.1) is 0 Å². The van der Waals surface area contributed by atoms with E-state index in [2.05, 4.69) is 58.9 Å². The van der Waals surface area contributed by atoms with E-state index in [-0.39, 0.29) is 5.54 Å². The lowest BCUT2D eigenvalue weighted by molar-refractivity contribution is -0.0219. The molecule has 2 aliphatic heterocycles. The van der Waals surface area contributed by atoms with Gasteiger partial charge in [0.1, 0.15) is 0 Å². The van der Waals surface area contributed by atoms with Gasteiger partial charge in [0.25, 0.3) is 0 Å². The summed E-state index contributed by atoms with van der Waals surface area (Å²) in [7, 11) is 0. The van der Waals surface area contributed by atoms with Gasteiger partial charge in [0, 0.05) is 57.4 Å². The molecule has 140 valence electrons. The van der Waals surface area contributed by atoms with Crippen molar-refractivity contribution in [2.45, 2.75) is 51.2 Å². The molecule has 1 aromatic carbocycles. The van der Waals surface area contributed by atoms with Crippen LogP contribution in [-0.4, -0.2) is 72.1 Å². The molecular weight excluding hydrogens is 308 g/mol. The van der Waals surface area contributed by atoms with E-state index in [9.17, 15) is 0 Å². The Morgan fingerprint density at radius 2 is 1.80 bits per heavy atom. The highest BCUT2D eigenvalue weighted by Gasteiger charge is 2.40. The van der Waals surface area contributed by atoms with Crippen LogP contribution >= 0.6 is 0 Å². The van der Waals surface area contributed by atoms with Crippen molar-refractivity contribution in [3.8, 4) is 0 Å². The van der Waals surface area contributed by atoms with Crippen LogP contribution in [-0.2, 0) is 6.54 Å². The fraction of sp³-hybridized carbons (Fsp3) is 0.714. The van der Waals surface area contributed by atoms with E-state index in [1.54, 1.807) is 0 Å². The monoisotopic (exact) mass is 344 g/mol. The summed E-state index contributed by atoms with van der Waals surface area (Å²) in [4.78, 5) is 7.97. The van der Waals surface area contributed by atoms with Gasteiger partial charge in [-0.25, -0.2) is 0 Å². The van der Waals surface area contributed by atoms with Crippen LogP contribution in [0.1, 0.15) is 38.7 Å². The fourth-order valence-electron chi connectivity index (χ4n) is 4.63. The molecule has 2 saturated heterocycles. The number of piperazine rings is 1. The summed E-state index contributed by atoms with van der Waals surface area (Å²) in [5.41, 5.74) is 7.95. The Morgan fingerprint density at radius 1 is 1.08 bits per heavy atom. The summed E-state index contributed by atoms with van der Waals surface area (Å²) in [5, 5.41) is 0. The highest BCUT2D eigenvalue weighted by atomic mass is 15.3. The van der Waals surface area contributed by atoms with Gasteiger partial charge in [-0.1, -0.05) is 37.3 Å². The van der Waals surface area contributed by atoms with Crippen LogP contribution in [0.15, 0.2) is 30.3 Å². The summed E-state index contributed by atoms with van der Waals surface area (Å²) >= 11 is 0. The van der Waals surface area contributed by atoms with Crippen molar-refractivity contribution in [1.29, 1.82) is 0 Å². The first kappa shape index (κ1) is 18.8. The minimum Gasteiger partial charge on any atom is -0.329 e. The molecule has 0 amide bonds. The molecule has 0 radical (unpaired) electrons. The van der Waals surface area contributed by atoms with Gasteiger partial charge in [-0.2, -0.15) is 0 Å². The van der Waals surface area contributed by atoms with Crippen LogP contribution in [0.3, 0.4) is 0 Å². The molecule has 0 aromatic heterocycles. The van der Waals surface area contributed by atoms with Crippen molar-refractivity contribution in [1.82, 2.24) is 14.7 Å². The maximum absolute atomic E-state index is 6.36. The third-order valence-corrected chi connectivity index (χ3v) is 6.46. The van der Waals surface area contributed by atoms with Gasteiger partial charge in [-0.3, -0.25) is 14.7 Å². The molecule has 0 saturated carbocycles. The van der Waals surface area contributed by atoms with Gasteiger partial charge in [0.15, 0.2) is 0 Å². The average Bonchev–Trinajstić information content (AvgIpc) is 2.68. The van der Waals surface area contributed by atoms with Gasteiger partial charge in [-0.15, -0.1) is 0 Å². The first-order valence-electron chi connectivity index (χ1n) is 10.1. The van der Waals surface area contributed by atoms with Gasteiger partial charge >= 0.3 is 0 Å². The van der Waals surface area contributed by atoms with E-state index >= 15 is 0 Å². The standard InChI is InChI=1S/C21H36N4/c1-3-19(2)24-12-14-25(15-13-24)21(17-22)10-7-11-23(18-21)16-20-8-5-4-6-9-20/h4-6,8-9,19H,3,7,10-18,22H2,1-2H3. The molecule has 2 atom stereocenters. The Bertz CT molecular complexity index is 512. The predicted molar refractivity (Wildman–Crippen MR) is 106 cm³/mol. The molecule has 25 heavy (non-hydrogen) atoms. The van der Waals surface area contributed by atoms with E-state index in [1.807, 2.05) is 0 Å². The smallest absolute Gasteiger partial charge is 0.0460 e. The second-order valence-electron chi connectivity index (χ2n) is 8.01. The molecular formula is C21H36N4. The second-order valence-corrected chi connectivity index (χ2v) is 8.01. The van der Waals surface area contributed by atoms with Crippen molar-refractivity contribution in [2.75, 3.05) is 45.8 Å². The summed E-state index contributed by atoms with van der Waals surface area (Å²) in [6.07, 6.45) is 3.75. The zero-order valence-corrected chi connectivity index (χ0v) is 16.2. The number of piperidine rings is 1. The normalized spacial score (nSPS) is 28.1. The number of benzene rings is 1. The van der Waals surface area contributed by atoms with E-state index in [0.29, 0.717) is 6.04 Å². The van der Waals surface area contributed by atoms with Crippen molar-refractivity contribution in [3.05, 3.63) is 35.9 Å². The molecule has 2 N–H and O–H groups in total. The third-order valence-electron chi connectivity index (χ3n) is 6.46. The highest BCUT2D eigenvalue weighted by molar-refractivity contribution is 5.15. The summed E-state index contributed by atoms with van der Waals surface area (Å²) in [6, 6.07) is 11.6. The van der Waals surface area contributed by atoms with Crippen LogP contribution in [0.2, 0.25) is 0 Å². The van der Waals surface area contributed by atoms with Gasteiger partial charge < -0.3 is 5.73 Å². The molecule has 2 heterocycles. The topological polar surface area (TPSA) is 35.7 Å². The zero-order valence-electron chi connectivity index (χ0n) is 16.2. The van der Waals surface area contributed by atoms with Crippen LogP contribution < -0.4 is 5.73 Å². The Balaban J connectivity index is 1.62. The minimum atomic E-state index is 0.175. The Hall–Kier alpha value is -0.940. The predicted octanol–water partition coefficient (Wildman–Crippen LogP) is 2.40. The first-order chi connectivity index (χ1) is 12.2.